The van der Waals surface area contributed by atoms with Crippen LogP contribution in [0.3, 0.4) is 0 Å². The number of halogens is 3. The van der Waals surface area contributed by atoms with Crippen molar-refractivity contribution >= 4 is 23.2 Å². The van der Waals surface area contributed by atoms with E-state index in [0.717, 1.165) is 0 Å². The smallest absolute Gasteiger partial charge is 0.387 e. The highest BCUT2D eigenvalue weighted by molar-refractivity contribution is 6.31. The summed E-state index contributed by atoms with van der Waals surface area (Å²) in [6, 6.07) is 3.52. The van der Waals surface area contributed by atoms with Crippen LogP contribution in [0.15, 0.2) is 18.2 Å². The van der Waals surface area contributed by atoms with E-state index in [0.29, 0.717) is 22.1 Å². The van der Waals surface area contributed by atoms with Crippen molar-refractivity contribution in [1.82, 2.24) is 9.78 Å². The van der Waals surface area contributed by atoms with Gasteiger partial charge in [0.2, 0.25) is 5.91 Å². The lowest BCUT2D eigenvalue weighted by atomic mass is 10.2. The molecule has 0 radical (unpaired) electrons. The van der Waals surface area contributed by atoms with Crippen LogP contribution < -0.4 is 14.8 Å². The van der Waals surface area contributed by atoms with E-state index in [1.54, 1.807) is 20.8 Å². The van der Waals surface area contributed by atoms with Gasteiger partial charge in [-0.05, 0) is 32.9 Å². The molecule has 2 rings (SSSR count). The monoisotopic (exact) mass is 373 g/mol. The van der Waals surface area contributed by atoms with Gasteiger partial charge in [-0.1, -0.05) is 11.6 Å². The van der Waals surface area contributed by atoms with Gasteiger partial charge < -0.3 is 14.8 Å². The van der Waals surface area contributed by atoms with E-state index in [9.17, 15) is 13.6 Å². The molecule has 9 heteroatoms. The van der Waals surface area contributed by atoms with Crippen molar-refractivity contribution < 1.29 is 23.0 Å². The first-order valence-electron chi connectivity index (χ1n) is 7.39. The average Bonchev–Trinajstić information content (AvgIpc) is 2.82. The summed E-state index contributed by atoms with van der Waals surface area (Å²) in [5, 5.41) is 7.44. The molecule has 6 nitrogen and oxygen atoms in total. The molecule has 1 N–H and O–H groups in total. The third kappa shape index (κ3) is 4.19. The number of ether oxygens (including phenoxy) is 2. The summed E-state index contributed by atoms with van der Waals surface area (Å²) in [5.74, 6) is -0.374. The van der Waals surface area contributed by atoms with Crippen LogP contribution >= 0.6 is 11.6 Å². The normalized spacial score (nSPS) is 12.2. The van der Waals surface area contributed by atoms with Crippen molar-refractivity contribution in [3.63, 3.8) is 0 Å². The number of rotatable bonds is 6. The molecule has 136 valence electrons. The Bertz CT molecular complexity index is 780. The van der Waals surface area contributed by atoms with Gasteiger partial charge in [0.05, 0.1) is 23.5 Å². The minimum absolute atomic E-state index is 0.0833. The van der Waals surface area contributed by atoms with Crippen molar-refractivity contribution in [2.45, 2.75) is 33.4 Å². The zero-order valence-corrected chi connectivity index (χ0v) is 14.9. The molecule has 25 heavy (non-hydrogen) atoms. The number of aromatic nitrogens is 2. The predicted molar refractivity (Wildman–Crippen MR) is 89.7 cm³/mol. The fraction of sp³-hybridized carbons (Fsp3) is 0.375. The number of anilines is 1. The van der Waals surface area contributed by atoms with Crippen LogP contribution in [0.5, 0.6) is 11.5 Å². The van der Waals surface area contributed by atoms with E-state index < -0.39 is 12.7 Å². The van der Waals surface area contributed by atoms with Crippen molar-refractivity contribution in [1.29, 1.82) is 0 Å². The lowest BCUT2D eigenvalue weighted by molar-refractivity contribution is -0.119. The molecule has 0 saturated carbocycles. The van der Waals surface area contributed by atoms with Crippen LogP contribution in [-0.2, 0) is 4.79 Å². The summed E-state index contributed by atoms with van der Waals surface area (Å²) in [6.45, 7) is 2.23. The Morgan fingerprint density at radius 3 is 2.52 bits per heavy atom. The molecule has 0 saturated heterocycles. The fourth-order valence-corrected chi connectivity index (χ4v) is 2.44. The maximum Gasteiger partial charge on any atom is 0.387 e. The second kappa shape index (κ2) is 7.69. The van der Waals surface area contributed by atoms with Gasteiger partial charge in [0.25, 0.3) is 0 Å². The molecule has 1 unspecified atom stereocenters. The van der Waals surface area contributed by atoms with Gasteiger partial charge in [0, 0.05) is 11.8 Å². The fourth-order valence-electron chi connectivity index (χ4n) is 2.32. The molecular formula is C16H18ClF2N3O3. The maximum atomic E-state index is 12.4. The van der Waals surface area contributed by atoms with Gasteiger partial charge in [-0.3, -0.25) is 9.48 Å². The van der Waals surface area contributed by atoms with Gasteiger partial charge in [-0.2, -0.15) is 13.9 Å². The molecule has 1 atom stereocenters. The molecule has 0 fully saturated rings. The van der Waals surface area contributed by atoms with Crippen LogP contribution in [0.4, 0.5) is 14.5 Å². The predicted octanol–water partition coefficient (Wildman–Crippen LogP) is 3.96. The summed E-state index contributed by atoms with van der Waals surface area (Å²) in [4.78, 5) is 12.4. The first-order chi connectivity index (χ1) is 11.7. The molecule has 1 amide bonds. The summed E-state index contributed by atoms with van der Waals surface area (Å²) in [7, 11) is 1.32. The molecule has 2 aromatic rings. The second-order valence-corrected chi connectivity index (χ2v) is 5.72. The number of benzene rings is 1. The third-order valence-corrected chi connectivity index (χ3v) is 4.18. The Labute approximate surface area is 148 Å². The van der Waals surface area contributed by atoms with E-state index in [4.69, 9.17) is 16.3 Å². The highest BCUT2D eigenvalue weighted by atomic mass is 35.5. The molecule has 0 aliphatic heterocycles. The van der Waals surface area contributed by atoms with Crippen molar-refractivity contribution in [3.8, 4) is 11.5 Å². The summed E-state index contributed by atoms with van der Waals surface area (Å²) in [6.07, 6.45) is 0. The topological polar surface area (TPSA) is 65.4 Å². The Kier molecular flexibility index (Phi) is 5.84. The van der Waals surface area contributed by atoms with Crippen molar-refractivity contribution in [3.05, 3.63) is 34.6 Å². The van der Waals surface area contributed by atoms with E-state index in [1.807, 2.05) is 0 Å². The molecule has 0 bridgehead atoms. The molecule has 0 aliphatic carbocycles. The average molecular weight is 374 g/mol. The lowest BCUT2D eigenvalue weighted by Crippen LogP contribution is -2.25. The number of nitrogens with zero attached hydrogens (tertiary/aromatic N) is 2. The number of hydrogen-bond donors (Lipinski definition) is 1. The van der Waals surface area contributed by atoms with E-state index in [2.05, 4.69) is 15.2 Å². The number of amides is 1. The first-order valence-corrected chi connectivity index (χ1v) is 7.77. The van der Waals surface area contributed by atoms with Crippen LogP contribution in [0, 0.1) is 13.8 Å². The van der Waals surface area contributed by atoms with Crippen LogP contribution in [0.2, 0.25) is 5.02 Å². The standard InChI is InChI=1S/C16H18ClF2N3O3/c1-8-14(17)9(2)22(21-8)10(3)15(23)20-11-5-6-12(25-16(18)19)13(7-11)24-4/h5-7,10,16H,1-4H3,(H,20,23). The van der Waals surface area contributed by atoms with Crippen molar-refractivity contribution in [2.24, 2.45) is 0 Å². The molecule has 1 aromatic carbocycles. The van der Waals surface area contributed by atoms with Gasteiger partial charge in [0.15, 0.2) is 11.5 Å². The summed E-state index contributed by atoms with van der Waals surface area (Å²) < 4.78 is 35.6. The third-order valence-electron chi connectivity index (χ3n) is 3.63. The van der Waals surface area contributed by atoms with Gasteiger partial charge in [0.1, 0.15) is 6.04 Å². The number of carbonyl (C=O) groups is 1. The number of alkyl halides is 2. The summed E-state index contributed by atoms with van der Waals surface area (Å²) >= 11 is 6.10. The highest BCUT2D eigenvalue weighted by Crippen LogP contribution is 2.32. The molecule has 1 aromatic heterocycles. The molecule has 0 spiro atoms. The number of nitrogens with one attached hydrogen (secondary N) is 1. The zero-order chi connectivity index (χ0) is 18.7. The quantitative estimate of drug-likeness (QED) is 0.832. The van der Waals surface area contributed by atoms with Gasteiger partial charge in [-0.25, -0.2) is 0 Å². The van der Waals surface area contributed by atoms with Crippen LogP contribution in [0.25, 0.3) is 0 Å². The Hall–Kier alpha value is -2.35. The molecule has 0 aliphatic rings. The van der Waals surface area contributed by atoms with Crippen LogP contribution in [-0.4, -0.2) is 29.4 Å². The Morgan fingerprint density at radius 2 is 2.00 bits per heavy atom. The number of methoxy groups -OCH3 is 1. The SMILES string of the molecule is COc1cc(NC(=O)C(C)n2nc(C)c(Cl)c2C)ccc1OC(F)F. The van der Waals surface area contributed by atoms with Crippen LogP contribution in [0.1, 0.15) is 24.4 Å². The largest absolute Gasteiger partial charge is 0.493 e. The second-order valence-electron chi connectivity index (χ2n) is 5.34. The molecule has 1 heterocycles. The van der Waals surface area contributed by atoms with Gasteiger partial charge >= 0.3 is 6.61 Å². The minimum Gasteiger partial charge on any atom is -0.493 e. The first kappa shape index (κ1) is 19.0. The van der Waals surface area contributed by atoms with E-state index in [1.165, 1.54) is 30.0 Å². The van der Waals surface area contributed by atoms with Crippen molar-refractivity contribution in [2.75, 3.05) is 12.4 Å². The van der Waals surface area contributed by atoms with Gasteiger partial charge in [-0.15, -0.1) is 0 Å². The van der Waals surface area contributed by atoms with E-state index >= 15 is 0 Å². The number of carbonyl (C=O) groups excluding carboxylic acids is 1. The Balaban J connectivity index is 2.18. The molecular weight excluding hydrogens is 356 g/mol. The number of hydrogen-bond acceptors (Lipinski definition) is 4. The minimum atomic E-state index is -2.97. The highest BCUT2D eigenvalue weighted by Gasteiger charge is 2.21. The number of aryl methyl sites for hydroxylation is 1. The Morgan fingerprint density at radius 1 is 1.32 bits per heavy atom. The maximum absolute atomic E-state index is 12.4. The summed E-state index contributed by atoms with van der Waals surface area (Å²) in [5.41, 5.74) is 1.69. The van der Waals surface area contributed by atoms with E-state index in [-0.39, 0.29) is 17.4 Å². The zero-order valence-electron chi connectivity index (χ0n) is 14.1. The lowest BCUT2D eigenvalue weighted by Gasteiger charge is -2.16.